The second-order valence-corrected chi connectivity index (χ2v) is 5.60. The minimum absolute atomic E-state index is 0.133. The van der Waals surface area contributed by atoms with Gasteiger partial charge in [0.15, 0.2) is 5.78 Å². The minimum atomic E-state index is -0.613. The Hall–Kier alpha value is -1.84. The van der Waals surface area contributed by atoms with Gasteiger partial charge in [0.25, 0.3) is 0 Å². The van der Waals surface area contributed by atoms with Gasteiger partial charge in [-0.25, -0.2) is 4.79 Å². The molecule has 0 bridgehead atoms. The van der Waals surface area contributed by atoms with E-state index in [9.17, 15) is 9.59 Å². The number of aryl methyl sites for hydroxylation is 1. The normalized spacial score (nSPS) is 12.7. The number of carbonyl (C=O) groups excluding carboxylic acids is 2. The van der Waals surface area contributed by atoms with Gasteiger partial charge in [0.1, 0.15) is 5.60 Å². The summed E-state index contributed by atoms with van der Waals surface area (Å²) >= 11 is 0. The standard InChI is InChI=1S/C15H21NO3/c1-10-6-8-12(9-7-10)13(17)11(2)16-14(18)19-15(3,4)5/h6-9,11H,1-5H3,(H,16,18). The Morgan fingerprint density at radius 3 is 2.16 bits per heavy atom. The number of Topliss-reactive ketones (excluding diaryl/α,β-unsaturated/α-hetero) is 1. The zero-order chi connectivity index (χ0) is 14.6. The lowest BCUT2D eigenvalue weighted by molar-refractivity contribution is 0.0497. The third-order valence-corrected chi connectivity index (χ3v) is 2.46. The van der Waals surface area contributed by atoms with Crippen molar-refractivity contribution in [2.45, 2.75) is 46.3 Å². The third-order valence-electron chi connectivity index (χ3n) is 2.46. The number of ketones is 1. The van der Waals surface area contributed by atoms with E-state index in [4.69, 9.17) is 4.74 Å². The van der Waals surface area contributed by atoms with E-state index in [0.717, 1.165) is 5.56 Å². The molecule has 1 rings (SSSR count). The summed E-state index contributed by atoms with van der Waals surface area (Å²) < 4.78 is 5.11. The number of hydrogen-bond acceptors (Lipinski definition) is 3. The van der Waals surface area contributed by atoms with Crippen molar-refractivity contribution in [2.24, 2.45) is 0 Å². The van der Waals surface area contributed by atoms with Crippen LogP contribution >= 0.6 is 0 Å². The summed E-state index contributed by atoms with van der Waals surface area (Å²) in [5, 5.41) is 2.54. The SMILES string of the molecule is Cc1ccc(C(=O)C(C)NC(=O)OC(C)(C)C)cc1. The molecule has 0 saturated heterocycles. The van der Waals surface area contributed by atoms with Gasteiger partial charge in [-0.3, -0.25) is 4.79 Å². The highest BCUT2D eigenvalue weighted by Crippen LogP contribution is 2.09. The van der Waals surface area contributed by atoms with Crippen LogP contribution in [0.25, 0.3) is 0 Å². The van der Waals surface area contributed by atoms with Gasteiger partial charge in [-0.05, 0) is 34.6 Å². The number of alkyl carbamates (subject to hydrolysis) is 1. The number of ether oxygens (including phenoxy) is 1. The molecular weight excluding hydrogens is 242 g/mol. The van der Waals surface area contributed by atoms with Crippen LogP contribution in [0.3, 0.4) is 0 Å². The molecule has 0 saturated carbocycles. The maximum Gasteiger partial charge on any atom is 0.408 e. The first-order chi connectivity index (χ1) is 8.69. The lowest BCUT2D eigenvalue weighted by Gasteiger charge is -2.21. The minimum Gasteiger partial charge on any atom is -0.444 e. The molecule has 104 valence electrons. The lowest BCUT2D eigenvalue weighted by Crippen LogP contribution is -2.41. The van der Waals surface area contributed by atoms with Crippen LogP contribution in [0.15, 0.2) is 24.3 Å². The maximum absolute atomic E-state index is 12.1. The van der Waals surface area contributed by atoms with Gasteiger partial charge in [0.05, 0.1) is 6.04 Å². The molecule has 0 aliphatic heterocycles. The Labute approximate surface area is 114 Å². The van der Waals surface area contributed by atoms with Crippen molar-refractivity contribution in [3.8, 4) is 0 Å². The van der Waals surface area contributed by atoms with Crippen LogP contribution in [0.1, 0.15) is 43.6 Å². The summed E-state index contributed by atoms with van der Waals surface area (Å²) in [6.45, 7) is 8.93. The lowest BCUT2D eigenvalue weighted by atomic mass is 10.0. The first-order valence-electron chi connectivity index (χ1n) is 6.29. The molecule has 1 aromatic rings. The topological polar surface area (TPSA) is 55.4 Å². The van der Waals surface area contributed by atoms with E-state index in [-0.39, 0.29) is 5.78 Å². The largest absolute Gasteiger partial charge is 0.444 e. The summed E-state index contributed by atoms with van der Waals surface area (Å²) in [7, 11) is 0. The smallest absolute Gasteiger partial charge is 0.408 e. The fraction of sp³-hybridized carbons (Fsp3) is 0.467. The predicted octanol–water partition coefficient (Wildman–Crippen LogP) is 3.09. The highest BCUT2D eigenvalue weighted by molar-refractivity contribution is 6.01. The molecule has 0 fully saturated rings. The van der Waals surface area contributed by atoms with Crippen molar-refractivity contribution >= 4 is 11.9 Å². The van der Waals surface area contributed by atoms with E-state index in [0.29, 0.717) is 5.56 Å². The highest BCUT2D eigenvalue weighted by Gasteiger charge is 2.21. The third kappa shape index (κ3) is 5.12. The number of benzene rings is 1. The van der Waals surface area contributed by atoms with E-state index in [1.165, 1.54) is 0 Å². The van der Waals surface area contributed by atoms with Crippen molar-refractivity contribution in [1.29, 1.82) is 0 Å². The molecule has 0 radical (unpaired) electrons. The molecule has 0 spiro atoms. The highest BCUT2D eigenvalue weighted by atomic mass is 16.6. The first-order valence-corrected chi connectivity index (χ1v) is 6.29. The van der Waals surface area contributed by atoms with Crippen LogP contribution in [0.2, 0.25) is 0 Å². The molecule has 0 aromatic heterocycles. The van der Waals surface area contributed by atoms with Crippen molar-refractivity contribution in [3.05, 3.63) is 35.4 Å². The fourth-order valence-electron chi connectivity index (χ4n) is 1.52. The Balaban J connectivity index is 2.63. The Morgan fingerprint density at radius 1 is 1.16 bits per heavy atom. The average Bonchev–Trinajstić information content (AvgIpc) is 2.26. The van der Waals surface area contributed by atoms with E-state index in [1.807, 2.05) is 19.1 Å². The Kier molecular flexibility index (Phi) is 4.70. The molecule has 1 amide bonds. The van der Waals surface area contributed by atoms with Gasteiger partial charge in [0, 0.05) is 5.56 Å². The average molecular weight is 263 g/mol. The van der Waals surface area contributed by atoms with Crippen molar-refractivity contribution in [1.82, 2.24) is 5.32 Å². The van der Waals surface area contributed by atoms with Gasteiger partial charge in [-0.1, -0.05) is 29.8 Å². The first kappa shape index (κ1) is 15.2. The Morgan fingerprint density at radius 2 is 1.68 bits per heavy atom. The summed E-state index contributed by atoms with van der Waals surface area (Å²) in [5.74, 6) is -0.133. The van der Waals surface area contributed by atoms with Gasteiger partial charge >= 0.3 is 6.09 Å². The molecule has 1 unspecified atom stereocenters. The van der Waals surface area contributed by atoms with Crippen LogP contribution in [0.4, 0.5) is 4.79 Å². The van der Waals surface area contributed by atoms with Gasteiger partial charge in [-0.2, -0.15) is 0 Å². The summed E-state index contributed by atoms with van der Waals surface area (Å²) in [6, 6.07) is 6.63. The fourth-order valence-corrected chi connectivity index (χ4v) is 1.52. The molecule has 0 aliphatic rings. The zero-order valence-corrected chi connectivity index (χ0v) is 12.1. The molecule has 4 nitrogen and oxygen atoms in total. The van der Waals surface area contributed by atoms with Gasteiger partial charge in [-0.15, -0.1) is 0 Å². The summed E-state index contributed by atoms with van der Waals surface area (Å²) in [6.07, 6.45) is -0.583. The van der Waals surface area contributed by atoms with Crippen molar-refractivity contribution < 1.29 is 14.3 Å². The molecule has 1 aromatic carbocycles. The van der Waals surface area contributed by atoms with Crippen LogP contribution in [0.5, 0.6) is 0 Å². The van der Waals surface area contributed by atoms with Crippen LogP contribution < -0.4 is 5.32 Å². The predicted molar refractivity (Wildman–Crippen MR) is 74.3 cm³/mol. The second-order valence-electron chi connectivity index (χ2n) is 5.60. The molecule has 0 aliphatic carbocycles. The molecule has 4 heteroatoms. The van der Waals surface area contributed by atoms with Gasteiger partial charge in [0.2, 0.25) is 0 Å². The zero-order valence-electron chi connectivity index (χ0n) is 12.1. The van der Waals surface area contributed by atoms with E-state index in [2.05, 4.69) is 5.32 Å². The monoisotopic (exact) mass is 263 g/mol. The molecular formula is C15H21NO3. The summed E-state index contributed by atoms with van der Waals surface area (Å²) in [5.41, 5.74) is 1.09. The van der Waals surface area contributed by atoms with Crippen molar-refractivity contribution in [3.63, 3.8) is 0 Å². The molecule has 0 heterocycles. The van der Waals surface area contributed by atoms with Crippen LogP contribution in [0, 0.1) is 6.92 Å². The molecule has 19 heavy (non-hydrogen) atoms. The number of rotatable bonds is 3. The number of hydrogen-bond donors (Lipinski definition) is 1. The van der Waals surface area contributed by atoms with E-state index < -0.39 is 17.7 Å². The number of nitrogens with one attached hydrogen (secondary N) is 1. The van der Waals surface area contributed by atoms with Crippen LogP contribution in [-0.2, 0) is 4.74 Å². The van der Waals surface area contributed by atoms with E-state index >= 15 is 0 Å². The molecule has 1 atom stereocenters. The Bertz CT molecular complexity index is 457. The quantitative estimate of drug-likeness (QED) is 0.853. The number of carbonyl (C=O) groups is 2. The van der Waals surface area contributed by atoms with Crippen LogP contribution in [-0.4, -0.2) is 23.5 Å². The molecule has 1 N–H and O–H groups in total. The van der Waals surface area contributed by atoms with Gasteiger partial charge < -0.3 is 10.1 Å². The second kappa shape index (κ2) is 5.87. The van der Waals surface area contributed by atoms with E-state index in [1.54, 1.807) is 39.8 Å². The summed E-state index contributed by atoms with van der Waals surface area (Å²) in [4.78, 5) is 23.7. The van der Waals surface area contributed by atoms with Crippen molar-refractivity contribution in [2.75, 3.05) is 0 Å². The number of amides is 1. The maximum atomic E-state index is 12.1.